The van der Waals surface area contributed by atoms with E-state index < -0.39 is 17.6 Å². The van der Waals surface area contributed by atoms with Crippen LogP contribution in [0.5, 0.6) is 0 Å². The van der Waals surface area contributed by atoms with Crippen LogP contribution in [0.25, 0.3) is 5.69 Å². The smallest absolute Gasteiger partial charge is 0.318 e. The summed E-state index contributed by atoms with van der Waals surface area (Å²) in [5.74, 6) is -3.04. The molecule has 1 heterocycles. The van der Waals surface area contributed by atoms with Crippen LogP contribution in [0.4, 0.5) is 14.5 Å². The predicted octanol–water partition coefficient (Wildman–Crippen LogP) is 3.46. The molecular weight excluding hydrogens is 378 g/mol. The van der Waals surface area contributed by atoms with Gasteiger partial charge in [0.2, 0.25) is 0 Å². The number of benzene rings is 2. The lowest BCUT2D eigenvalue weighted by molar-refractivity contribution is -0.136. The lowest BCUT2D eigenvalue weighted by Crippen LogP contribution is -2.32. The van der Waals surface area contributed by atoms with Crippen LogP contribution in [0.1, 0.15) is 17.0 Å². The normalized spacial score (nSPS) is 10.9. The standard InChI is InChI=1S/C21H18F2N4O2/c1-13-11-15(14(2)27(13)17-9-7-16(22)8-10-17)12-24-26-21(29)20(28)25-19-6-4-3-5-18(19)23/h3-12H,1-2H3,(H,25,28)(H,26,29)/b24-12-. The summed E-state index contributed by atoms with van der Waals surface area (Å²) in [7, 11) is 0. The third-order valence-electron chi connectivity index (χ3n) is 4.25. The molecule has 0 aliphatic carbocycles. The first-order valence-corrected chi connectivity index (χ1v) is 8.70. The van der Waals surface area contributed by atoms with Gasteiger partial charge in [0.05, 0.1) is 11.9 Å². The van der Waals surface area contributed by atoms with Crippen LogP contribution in [0.3, 0.4) is 0 Å². The molecule has 0 bridgehead atoms. The van der Waals surface area contributed by atoms with E-state index in [-0.39, 0.29) is 11.5 Å². The molecule has 29 heavy (non-hydrogen) atoms. The molecule has 0 aliphatic heterocycles. The highest BCUT2D eigenvalue weighted by Gasteiger charge is 2.15. The Morgan fingerprint density at radius 2 is 1.69 bits per heavy atom. The second-order valence-corrected chi connectivity index (χ2v) is 6.27. The number of aromatic nitrogens is 1. The number of aryl methyl sites for hydroxylation is 1. The molecule has 8 heteroatoms. The molecule has 0 unspecified atom stereocenters. The third-order valence-corrected chi connectivity index (χ3v) is 4.25. The van der Waals surface area contributed by atoms with Gasteiger partial charge in [-0.05, 0) is 56.3 Å². The number of nitrogens with one attached hydrogen (secondary N) is 2. The summed E-state index contributed by atoms with van der Waals surface area (Å²) >= 11 is 0. The maximum atomic E-state index is 13.5. The number of rotatable bonds is 4. The van der Waals surface area contributed by atoms with Crippen molar-refractivity contribution in [1.29, 1.82) is 0 Å². The Labute approximate surface area is 165 Å². The van der Waals surface area contributed by atoms with E-state index in [0.717, 1.165) is 17.1 Å². The molecule has 0 atom stereocenters. The fourth-order valence-electron chi connectivity index (χ4n) is 2.86. The fourth-order valence-corrected chi connectivity index (χ4v) is 2.86. The Morgan fingerprint density at radius 1 is 1.00 bits per heavy atom. The van der Waals surface area contributed by atoms with Crippen molar-refractivity contribution in [3.05, 3.63) is 83.2 Å². The molecule has 0 aliphatic rings. The van der Waals surface area contributed by atoms with Crippen LogP contribution in [-0.4, -0.2) is 22.6 Å². The highest BCUT2D eigenvalue weighted by atomic mass is 19.1. The van der Waals surface area contributed by atoms with Gasteiger partial charge < -0.3 is 9.88 Å². The van der Waals surface area contributed by atoms with Crippen molar-refractivity contribution in [3.8, 4) is 5.69 Å². The zero-order chi connectivity index (χ0) is 21.0. The van der Waals surface area contributed by atoms with Crippen molar-refractivity contribution in [2.24, 2.45) is 5.10 Å². The van der Waals surface area contributed by atoms with E-state index >= 15 is 0 Å². The van der Waals surface area contributed by atoms with E-state index in [2.05, 4.69) is 15.8 Å². The molecule has 148 valence electrons. The predicted molar refractivity (Wildman–Crippen MR) is 106 cm³/mol. The Hall–Kier alpha value is -3.81. The minimum atomic E-state index is -1.04. The number of carbonyl (C=O) groups is 2. The van der Waals surface area contributed by atoms with E-state index in [1.807, 2.05) is 24.5 Å². The summed E-state index contributed by atoms with van der Waals surface area (Å²) in [6.45, 7) is 3.73. The summed E-state index contributed by atoms with van der Waals surface area (Å²) in [6, 6.07) is 13.4. The van der Waals surface area contributed by atoms with Gasteiger partial charge >= 0.3 is 11.8 Å². The van der Waals surface area contributed by atoms with E-state index in [9.17, 15) is 18.4 Å². The molecule has 3 aromatic rings. The van der Waals surface area contributed by atoms with Crippen molar-refractivity contribution in [3.63, 3.8) is 0 Å². The summed E-state index contributed by atoms with van der Waals surface area (Å²) < 4.78 is 28.6. The molecule has 2 aromatic carbocycles. The molecule has 6 nitrogen and oxygen atoms in total. The number of hydrazone groups is 1. The van der Waals surface area contributed by atoms with Crippen molar-refractivity contribution < 1.29 is 18.4 Å². The molecule has 2 amide bonds. The minimum Gasteiger partial charge on any atom is -0.318 e. The van der Waals surface area contributed by atoms with Gasteiger partial charge in [-0.15, -0.1) is 0 Å². The highest BCUT2D eigenvalue weighted by molar-refractivity contribution is 6.39. The van der Waals surface area contributed by atoms with Crippen LogP contribution < -0.4 is 10.7 Å². The lowest BCUT2D eigenvalue weighted by atomic mass is 10.2. The van der Waals surface area contributed by atoms with Crippen molar-refractivity contribution in [2.45, 2.75) is 13.8 Å². The number of para-hydroxylation sites is 1. The number of hydrogen-bond donors (Lipinski definition) is 2. The molecule has 3 rings (SSSR count). The summed E-state index contributed by atoms with van der Waals surface area (Å²) in [6.07, 6.45) is 1.40. The summed E-state index contributed by atoms with van der Waals surface area (Å²) in [4.78, 5) is 23.7. The van der Waals surface area contributed by atoms with Gasteiger partial charge in [-0.25, -0.2) is 14.2 Å². The molecule has 0 fully saturated rings. The topological polar surface area (TPSA) is 75.5 Å². The Morgan fingerprint density at radius 3 is 2.38 bits per heavy atom. The summed E-state index contributed by atoms with van der Waals surface area (Å²) in [5, 5.41) is 5.97. The zero-order valence-electron chi connectivity index (χ0n) is 15.7. The largest absolute Gasteiger partial charge is 0.329 e. The van der Waals surface area contributed by atoms with Gasteiger partial charge in [0.1, 0.15) is 11.6 Å². The number of hydrogen-bond acceptors (Lipinski definition) is 3. The van der Waals surface area contributed by atoms with E-state index in [4.69, 9.17) is 0 Å². The van der Waals surface area contributed by atoms with Crippen LogP contribution >= 0.6 is 0 Å². The van der Waals surface area contributed by atoms with Crippen molar-refractivity contribution in [1.82, 2.24) is 9.99 Å². The molecule has 0 saturated heterocycles. The average Bonchev–Trinajstić information content (AvgIpc) is 2.97. The molecule has 0 spiro atoms. The minimum absolute atomic E-state index is 0.0977. The Kier molecular flexibility index (Phi) is 5.82. The number of anilines is 1. The second-order valence-electron chi connectivity index (χ2n) is 6.27. The Bertz CT molecular complexity index is 1090. The first-order valence-electron chi connectivity index (χ1n) is 8.70. The molecule has 0 saturated carbocycles. The van der Waals surface area contributed by atoms with E-state index in [1.54, 1.807) is 12.1 Å². The maximum absolute atomic E-state index is 13.5. The highest BCUT2D eigenvalue weighted by Crippen LogP contribution is 2.20. The van der Waals surface area contributed by atoms with Crippen molar-refractivity contribution >= 4 is 23.7 Å². The Balaban J connectivity index is 1.68. The fraction of sp³-hybridized carbons (Fsp3) is 0.0952. The van der Waals surface area contributed by atoms with Gasteiger partial charge in [-0.2, -0.15) is 5.10 Å². The van der Waals surface area contributed by atoms with E-state index in [0.29, 0.717) is 5.56 Å². The third kappa shape index (κ3) is 4.55. The first-order chi connectivity index (χ1) is 13.9. The quantitative estimate of drug-likeness (QED) is 0.403. The SMILES string of the molecule is Cc1cc(/C=N\NC(=O)C(=O)Nc2ccccc2F)c(C)n1-c1ccc(F)cc1. The van der Waals surface area contributed by atoms with Gasteiger partial charge in [-0.3, -0.25) is 9.59 Å². The molecule has 0 radical (unpaired) electrons. The number of amides is 2. The van der Waals surface area contributed by atoms with Crippen LogP contribution in [-0.2, 0) is 9.59 Å². The molecule has 2 N–H and O–H groups in total. The first kappa shape index (κ1) is 19.9. The van der Waals surface area contributed by atoms with Gasteiger partial charge in [0.25, 0.3) is 0 Å². The van der Waals surface area contributed by atoms with Gasteiger partial charge in [-0.1, -0.05) is 12.1 Å². The number of halogens is 2. The van der Waals surface area contributed by atoms with Crippen LogP contribution in [0.2, 0.25) is 0 Å². The zero-order valence-corrected chi connectivity index (χ0v) is 15.7. The van der Waals surface area contributed by atoms with Crippen LogP contribution in [0.15, 0.2) is 59.7 Å². The molecular formula is C21H18F2N4O2. The maximum Gasteiger partial charge on any atom is 0.329 e. The molecule has 1 aromatic heterocycles. The second kappa shape index (κ2) is 8.47. The van der Waals surface area contributed by atoms with E-state index in [1.165, 1.54) is 42.6 Å². The number of carbonyl (C=O) groups excluding carboxylic acids is 2. The summed E-state index contributed by atoms with van der Waals surface area (Å²) in [5.41, 5.74) is 5.22. The van der Waals surface area contributed by atoms with Gasteiger partial charge in [0.15, 0.2) is 0 Å². The number of nitrogens with zero attached hydrogens (tertiary/aromatic N) is 2. The monoisotopic (exact) mass is 396 g/mol. The lowest BCUT2D eigenvalue weighted by Gasteiger charge is -2.09. The van der Waals surface area contributed by atoms with Crippen LogP contribution in [0, 0.1) is 25.5 Å². The average molecular weight is 396 g/mol. The van der Waals surface area contributed by atoms with Gasteiger partial charge in [0, 0.05) is 22.6 Å². The van der Waals surface area contributed by atoms with Crippen molar-refractivity contribution in [2.75, 3.05) is 5.32 Å².